The Morgan fingerprint density at radius 2 is 1.78 bits per heavy atom. The van der Waals surface area contributed by atoms with E-state index in [2.05, 4.69) is 42.3 Å². The van der Waals surface area contributed by atoms with Crippen molar-refractivity contribution in [2.45, 2.75) is 6.54 Å². The highest BCUT2D eigenvalue weighted by molar-refractivity contribution is 9.10. The monoisotopic (exact) mass is 433 g/mol. The van der Waals surface area contributed by atoms with Gasteiger partial charge >= 0.3 is 0 Å². The first kappa shape index (κ1) is 16.0. The molecule has 0 unspecified atom stereocenters. The average Bonchev–Trinajstić information content (AvgIpc) is 2.97. The first-order valence-corrected chi connectivity index (χ1v) is 8.54. The Kier molecular flexibility index (Phi) is 4.93. The second-order valence-corrected chi connectivity index (χ2v) is 6.70. The number of carbonyl (C=O) groups excluding carboxylic acids is 1. The first-order chi connectivity index (χ1) is 11.1. The Labute approximate surface area is 150 Å². The van der Waals surface area contributed by atoms with Crippen LogP contribution in [0.15, 0.2) is 69.7 Å². The van der Waals surface area contributed by atoms with Crippen LogP contribution in [0, 0.1) is 0 Å². The molecule has 0 saturated carbocycles. The minimum absolute atomic E-state index is 0.171. The summed E-state index contributed by atoms with van der Waals surface area (Å²) in [4.78, 5) is 12.4. The molecule has 1 amide bonds. The molecule has 6 heteroatoms. The summed E-state index contributed by atoms with van der Waals surface area (Å²) in [5.41, 5.74) is 1.69. The Bertz CT molecular complexity index is 828. The van der Waals surface area contributed by atoms with Crippen LogP contribution in [0.1, 0.15) is 15.9 Å². The third kappa shape index (κ3) is 3.89. The maximum Gasteiger partial charge on any atom is 0.257 e. The van der Waals surface area contributed by atoms with E-state index in [1.807, 2.05) is 42.5 Å². The number of amides is 1. The van der Waals surface area contributed by atoms with E-state index in [1.54, 1.807) is 23.0 Å². The molecule has 0 fully saturated rings. The van der Waals surface area contributed by atoms with Crippen LogP contribution in [0.4, 0.5) is 5.82 Å². The van der Waals surface area contributed by atoms with E-state index in [4.69, 9.17) is 0 Å². The second kappa shape index (κ2) is 7.10. The van der Waals surface area contributed by atoms with Gasteiger partial charge in [-0.1, -0.05) is 40.2 Å². The lowest BCUT2D eigenvalue weighted by Gasteiger charge is -2.10. The Morgan fingerprint density at radius 3 is 2.52 bits per heavy atom. The van der Waals surface area contributed by atoms with Gasteiger partial charge in [0.1, 0.15) is 5.82 Å². The summed E-state index contributed by atoms with van der Waals surface area (Å²) in [5, 5.41) is 7.18. The van der Waals surface area contributed by atoms with Crippen LogP contribution in [-0.2, 0) is 6.54 Å². The van der Waals surface area contributed by atoms with Crippen molar-refractivity contribution in [2.24, 2.45) is 0 Å². The summed E-state index contributed by atoms with van der Waals surface area (Å²) < 4.78 is 3.55. The molecule has 4 nitrogen and oxygen atoms in total. The number of anilines is 1. The molecule has 116 valence electrons. The highest BCUT2D eigenvalue weighted by Crippen LogP contribution is 2.18. The fourth-order valence-electron chi connectivity index (χ4n) is 2.16. The lowest BCUT2D eigenvalue weighted by molar-refractivity contribution is 0.102. The summed E-state index contributed by atoms with van der Waals surface area (Å²) in [6.45, 7) is 0.589. The van der Waals surface area contributed by atoms with Gasteiger partial charge in [0, 0.05) is 15.0 Å². The smallest absolute Gasteiger partial charge is 0.257 e. The van der Waals surface area contributed by atoms with E-state index in [0.29, 0.717) is 17.9 Å². The van der Waals surface area contributed by atoms with Gasteiger partial charge in [-0.15, -0.1) is 0 Å². The molecular weight excluding hydrogens is 422 g/mol. The number of benzene rings is 2. The molecule has 2 aromatic carbocycles. The van der Waals surface area contributed by atoms with Crippen molar-refractivity contribution in [3.8, 4) is 0 Å². The summed E-state index contributed by atoms with van der Waals surface area (Å²) in [6, 6.07) is 17.1. The van der Waals surface area contributed by atoms with E-state index in [0.717, 1.165) is 14.5 Å². The van der Waals surface area contributed by atoms with Crippen molar-refractivity contribution in [1.29, 1.82) is 0 Å². The largest absolute Gasteiger partial charge is 0.307 e. The van der Waals surface area contributed by atoms with E-state index >= 15 is 0 Å². The molecule has 0 radical (unpaired) electrons. The topological polar surface area (TPSA) is 46.9 Å². The van der Waals surface area contributed by atoms with Crippen molar-refractivity contribution < 1.29 is 4.79 Å². The molecule has 0 bridgehead atoms. The number of hydrogen-bond donors (Lipinski definition) is 1. The fourth-order valence-corrected chi connectivity index (χ4v) is 2.89. The van der Waals surface area contributed by atoms with Crippen LogP contribution in [0.3, 0.4) is 0 Å². The van der Waals surface area contributed by atoms with Crippen molar-refractivity contribution in [3.05, 3.63) is 80.9 Å². The molecule has 0 saturated heterocycles. The first-order valence-electron chi connectivity index (χ1n) is 6.95. The number of aromatic nitrogens is 2. The second-order valence-electron chi connectivity index (χ2n) is 4.93. The molecule has 1 N–H and O–H groups in total. The van der Waals surface area contributed by atoms with E-state index < -0.39 is 0 Å². The molecule has 0 spiro atoms. The standard InChI is InChI=1S/C17H13Br2N3O/c18-13-7-5-12(6-8-13)11-22-16(9-10-20-22)21-17(23)14-3-1-2-4-15(14)19/h1-10H,11H2,(H,21,23). The van der Waals surface area contributed by atoms with Crippen LogP contribution in [0.25, 0.3) is 0 Å². The number of halogens is 2. The number of carbonyl (C=O) groups is 1. The van der Waals surface area contributed by atoms with Gasteiger partial charge in [0.25, 0.3) is 5.91 Å². The molecular formula is C17H13Br2N3O. The van der Waals surface area contributed by atoms with Crippen molar-refractivity contribution in [1.82, 2.24) is 9.78 Å². The number of hydrogen-bond acceptors (Lipinski definition) is 2. The van der Waals surface area contributed by atoms with E-state index in [1.165, 1.54) is 0 Å². The maximum atomic E-state index is 12.4. The number of nitrogens with zero attached hydrogens (tertiary/aromatic N) is 2. The fraction of sp³-hybridized carbons (Fsp3) is 0.0588. The lowest BCUT2D eigenvalue weighted by Crippen LogP contribution is -2.16. The average molecular weight is 435 g/mol. The zero-order chi connectivity index (χ0) is 16.2. The predicted molar refractivity (Wildman–Crippen MR) is 97.6 cm³/mol. The number of nitrogens with one attached hydrogen (secondary N) is 1. The van der Waals surface area contributed by atoms with Crippen LogP contribution in [-0.4, -0.2) is 15.7 Å². The Hall–Kier alpha value is -1.92. The van der Waals surface area contributed by atoms with Gasteiger partial charge in [-0.3, -0.25) is 4.79 Å². The molecule has 3 aromatic rings. The van der Waals surface area contributed by atoms with Gasteiger partial charge in [-0.25, -0.2) is 4.68 Å². The molecule has 3 rings (SSSR count). The SMILES string of the molecule is O=C(Nc1ccnn1Cc1ccc(Br)cc1)c1ccccc1Br. The molecule has 1 heterocycles. The molecule has 0 aliphatic rings. The molecule has 23 heavy (non-hydrogen) atoms. The quantitative estimate of drug-likeness (QED) is 0.646. The molecule has 0 aliphatic heterocycles. The van der Waals surface area contributed by atoms with Gasteiger partial charge < -0.3 is 5.32 Å². The zero-order valence-corrected chi connectivity index (χ0v) is 15.2. The van der Waals surface area contributed by atoms with Crippen LogP contribution in [0.2, 0.25) is 0 Å². The summed E-state index contributed by atoms with van der Waals surface area (Å²) in [5.74, 6) is 0.490. The Balaban J connectivity index is 1.77. The van der Waals surface area contributed by atoms with Crippen LogP contribution in [0.5, 0.6) is 0 Å². The van der Waals surface area contributed by atoms with Gasteiger partial charge in [-0.05, 0) is 45.8 Å². The third-order valence-electron chi connectivity index (χ3n) is 3.32. The van der Waals surface area contributed by atoms with Crippen molar-refractivity contribution in [2.75, 3.05) is 5.32 Å². The summed E-state index contributed by atoms with van der Waals surface area (Å²) in [6.07, 6.45) is 1.68. The van der Waals surface area contributed by atoms with Crippen LogP contribution >= 0.6 is 31.9 Å². The maximum absolute atomic E-state index is 12.4. The third-order valence-corrected chi connectivity index (χ3v) is 4.54. The predicted octanol–water partition coefficient (Wildman–Crippen LogP) is 4.71. The zero-order valence-electron chi connectivity index (χ0n) is 12.0. The molecule has 0 atom stereocenters. The highest BCUT2D eigenvalue weighted by atomic mass is 79.9. The van der Waals surface area contributed by atoms with Crippen LogP contribution < -0.4 is 5.32 Å². The van der Waals surface area contributed by atoms with Crippen molar-refractivity contribution >= 4 is 43.6 Å². The van der Waals surface area contributed by atoms with Gasteiger partial charge in [0.2, 0.25) is 0 Å². The normalized spacial score (nSPS) is 10.5. The van der Waals surface area contributed by atoms with E-state index in [-0.39, 0.29) is 5.91 Å². The molecule has 1 aromatic heterocycles. The minimum Gasteiger partial charge on any atom is -0.307 e. The van der Waals surface area contributed by atoms with E-state index in [9.17, 15) is 4.79 Å². The van der Waals surface area contributed by atoms with Gasteiger partial charge in [-0.2, -0.15) is 5.10 Å². The lowest BCUT2D eigenvalue weighted by atomic mass is 10.2. The van der Waals surface area contributed by atoms with Gasteiger partial charge in [0.05, 0.1) is 18.3 Å². The highest BCUT2D eigenvalue weighted by Gasteiger charge is 2.12. The Morgan fingerprint density at radius 1 is 1.04 bits per heavy atom. The summed E-state index contributed by atoms with van der Waals surface area (Å²) in [7, 11) is 0. The summed E-state index contributed by atoms with van der Waals surface area (Å²) >= 11 is 6.81. The van der Waals surface area contributed by atoms with Crippen molar-refractivity contribution in [3.63, 3.8) is 0 Å². The number of rotatable bonds is 4. The minimum atomic E-state index is -0.171. The van der Waals surface area contributed by atoms with Gasteiger partial charge in [0.15, 0.2) is 0 Å². The molecule has 0 aliphatic carbocycles.